The van der Waals surface area contributed by atoms with Gasteiger partial charge in [-0.2, -0.15) is 0 Å². The van der Waals surface area contributed by atoms with Crippen LogP contribution in [0, 0.1) is 0 Å². The zero-order valence-electron chi connectivity index (χ0n) is 10.5. The molecule has 2 aromatic rings. The molecule has 18 heavy (non-hydrogen) atoms. The molecule has 5 heteroatoms. The molecular weight excluding hydrogens is 264 g/mol. The van der Waals surface area contributed by atoms with Crippen LogP contribution in [-0.2, 0) is 0 Å². The van der Waals surface area contributed by atoms with E-state index in [-0.39, 0.29) is 5.91 Å². The minimum absolute atomic E-state index is 0.184. The molecular formula is C13H16N2OS2. The van der Waals surface area contributed by atoms with E-state index in [9.17, 15) is 4.79 Å². The third-order valence-electron chi connectivity index (χ3n) is 3.19. The summed E-state index contributed by atoms with van der Waals surface area (Å²) in [5.41, 5.74) is 0. The quantitative estimate of drug-likeness (QED) is 0.871. The second-order valence-corrected chi connectivity index (χ2v) is 6.97. The highest BCUT2D eigenvalue weighted by atomic mass is 32.1. The van der Waals surface area contributed by atoms with Crippen molar-refractivity contribution >= 4 is 38.0 Å². The fourth-order valence-electron chi connectivity index (χ4n) is 2.52. The summed E-state index contributed by atoms with van der Waals surface area (Å²) in [6.07, 6.45) is 0. The molecule has 0 radical (unpaired) electrons. The van der Waals surface area contributed by atoms with Crippen molar-refractivity contribution in [2.45, 2.75) is 25.9 Å². The zero-order valence-corrected chi connectivity index (χ0v) is 12.1. The highest BCUT2D eigenvalue weighted by molar-refractivity contribution is 7.27. The summed E-state index contributed by atoms with van der Waals surface area (Å²) < 4.78 is 2.44. The number of hydrogen-bond acceptors (Lipinski definition) is 4. The Bertz CT molecular complexity index is 536. The predicted molar refractivity (Wildman–Crippen MR) is 77.7 cm³/mol. The lowest BCUT2D eigenvalue weighted by Crippen LogP contribution is -2.55. The molecule has 0 aliphatic carbocycles. The molecule has 2 atom stereocenters. The van der Waals surface area contributed by atoms with E-state index in [1.54, 1.807) is 22.7 Å². The number of fused-ring (bicyclic) bond motifs is 1. The smallest absolute Gasteiger partial charge is 0.264 e. The van der Waals surface area contributed by atoms with Gasteiger partial charge in [-0.05, 0) is 31.4 Å². The lowest BCUT2D eigenvalue weighted by atomic mass is 10.1. The van der Waals surface area contributed by atoms with Gasteiger partial charge >= 0.3 is 0 Å². The summed E-state index contributed by atoms with van der Waals surface area (Å²) in [4.78, 5) is 15.3. The molecule has 3 rings (SSSR count). The number of piperazine rings is 1. The van der Waals surface area contributed by atoms with E-state index in [2.05, 4.69) is 30.6 Å². The van der Waals surface area contributed by atoms with Gasteiger partial charge in [0.1, 0.15) is 0 Å². The number of carbonyl (C=O) groups is 1. The van der Waals surface area contributed by atoms with Gasteiger partial charge in [0.25, 0.3) is 5.91 Å². The second-order valence-electron chi connectivity index (χ2n) is 4.94. The Morgan fingerprint density at radius 2 is 2.06 bits per heavy atom. The molecule has 1 amide bonds. The monoisotopic (exact) mass is 280 g/mol. The van der Waals surface area contributed by atoms with E-state index in [1.807, 2.05) is 11.0 Å². The van der Waals surface area contributed by atoms with E-state index in [0.717, 1.165) is 18.0 Å². The number of rotatable bonds is 1. The van der Waals surface area contributed by atoms with Gasteiger partial charge in [0.15, 0.2) is 0 Å². The Kier molecular flexibility index (Phi) is 3.13. The molecule has 3 nitrogen and oxygen atoms in total. The Hall–Kier alpha value is -0.910. The van der Waals surface area contributed by atoms with Gasteiger partial charge in [-0.1, -0.05) is 0 Å². The summed E-state index contributed by atoms with van der Waals surface area (Å²) in [6.45, 7) is 5.86. The number of carbonyl (C=O) groups excluding carboxylic acids is 1. The summed E-state index contributed by atoms with van der Waals surface area (Å²) >= 11 is 3.31. The maximum absolute atomic E-state index is 12.5. The number of nitrogens with one attached hydrogen (secondary N) is 1. The van der Waals surface area contributed by atoms with E-state index >= 15 is 0 Å². The number of thiophene rings is 2. The fourth-order valence-corrected chi connectivity index (χ4v) is 4.60. The van der Waals surface area contributed by atoms with Crippen LogP contribution in [0.1, 0.15) is 23.5 Å². The summed E-state index contributed by atoms with van der Waals surface area (Å²) in [6, 6.07) is 4.87. The number of hydrogen-bond donors (Lipinski definition) is 1. The van der Waals surface area contributed by atoms with Crippen molar-refractivity contribution in [3.63, 3.8) is 0 Å². The molecule has 1 saturated heterocycles. The van der Waals surface area contributed by atoms with Gasteiger partial charge in [0.05, 0.1) is 4.88 Å². The average molecular weight is 280 g/mol. The predicted octanol–water partition coefficient (Wildman–Crippen LogP) is 2.79. The third-order valence-corrected chi connectivity index (χ3v) is 5.28. The van der Waals surface area contributed by atoms with Gasteiger partial charge < -0.3 is 10.2 Å². The lowest BCUT2D eigenvalue weighted by Gasteiger charge is -2.35. The van der Waals surface area contributed by atoms with Crippen molar-refractivity contribution in [2.24, 2.45) is 0 Å². The zero-order chi connectivity index (χ0) is 12.7. The van der Waals surface area contributed by atoms with E-state index < -0.39 is 0 Å². The highest BCUT2D eigenvalue weighted by Gasteiger charge is 2.26. The third kappa shape index (κ3) is 2.18. The van der Waals surface area contributed by atoms with Crippen LogP contribution in [-0.4, -0.2) is 36.0 Å². The van der Waals surface area contributed by atoms with Crippen molar-refractivity contribution in [1.29, 1.82) is 0 Å². The lowest BCUT2D eigenvalue weighted by molar-refractivity contribution is 0.0679. The van der Waals surface area contributed by atoms with Gasteiger partial charge in [0, 0.05) is 34.6 Å². The Balaban J connectivity index is 1.83. The molecule has 2 aromatic heterocycles. The van der Waals surface area contributed by atoms with Crippen LogP contribution >= 0.6 is 22.7 Å². The molecule has 1 aliphatic heterocycles. The first-order valence-corrected chi connectivity index (χ1v) is 7.85. The highest BCUT2D eigenvalue weighted by Crippen LogP contribution is 2.30. The van der Waals surface area contributed by atoms with Crippen molar-refractivity contribution in [2.75, 3.05) is 13.1 Å². The normalized spacial score (nSPS) is 24.7. The largest absolute Gasteiger partial charge is 0.335 e. The SMILES string of the molecule is CC1CN(C(=O)c2cc3sccc3s2)CC(C)N1. The van der Waals surface area contributed by atoms with Crippen LogP contribution in [0.25, 0.3) is 9.40 Å². The molecule has 1 fully saturated rings. The van der Waals surface area contributed by atoms with Crippen LogP contribution in [0.4, 0.5) is 0 Å². The summed E-state index contributed by atoms with van der Waals surface area (Å²) in [5, 5.41) is 5.52. The fraction of sp³-hybridized carbons (Fsp3) is 0.462. The van der Waals surface area contributed by atoms with Gasteiger partial charge in [0.2, 0.25) is 0 Å². The maximum atomic E-state index is 12.5. The topological polar surface area (TPSA) is 32.3 Å². The van der Waals surface area contributed by atoms with E-state index in [0.29, 0.717) is 12.1 Å². The first-order valence-electron chi connectivity index (χ1n) is 6.16. The first kappa shape index (κ1) is 12.1. The summed E-state index contributed by atoms with van der Waals surface area (Å²) in [5.74, 6) is 0.184. The van der Waals surface area contributed by atoms with Crippen molar-refractivity contribution in [1.82, 2.24) is 10.2 Å². The molecule has 0 spiro atoms. The van der Waals surface area contributed by atoms with Crippen LogP contribution in [0.2, 0.25) is 0 Å². The van der Waals surface area contributed by atoms with Crippen molar-refractivity contribution < 1.29 is 4.79 Å². The van der Waals surface area contributed by atoms with Crippen LogP contribution in [0.15, 0.2) is 17.5 Å². The molecule has 0 bridgehead atoms. The van der Waals surface area contributed by atoms with Crippen LogP contribution < -0.4 is 5.32 Å². The molecule has 1 aliphatic rings. The van der Waals surface area contributed by atoms with E-state index in [1.165, 1.54) is 9.40 Å². The second kappa shape index (κ2) is 4.64. The number of amides is 1. The first-order chi connectivity index (χ1) is 8.63. The Morgan fingerprint density at radius 1 is 1.33 bits per heavy atom. The average Bonchev–Trinajstić information content (AvgIpc) is 2.86. The molecule has 1 N–H and O–H groups in total. The molecule has 0 saturated carbocycles. The van der Waals surface area contributed by atoms with E-state index in [4.69, 9.17) is 0 Å². The van der Waals surface area contributed by atoms with Crippen LogP contribution in [0.5, 0.6) is 0 Å². The van der Waals surface area contributed by atoms with Gasteiger partial charge in [-0.3, -0.25) is 4.79 Å². The molecule has 2 unspecified atom stereocenters. The minimum Gasteiger partial charge on any atom is -0.335 e. The molecule has 3 heterocycles. The van der Waals surface area contributed by atoms with Gasteiger partial charge in [-0.15, -0.1) is 22.7 Å². The molecule has 96 valence electrons. The van der Waals surface area contributed by atoms with Crippen molar-refractivity contribution in [3.05, 3.63) is 22.4 Å². The van der Waals surface area contributed by atoms with Crippen molar-refractivity contribution in [3.8, 4) is 0 Å². The summed E-state index contributed by atoms with van der Waals surface area (Å²) in [7, 11) is 0. The minimum atomic E-state index is 0.184. The Labute approximate surface area is 114 Å². The van der Waals surface area contributed by atoms with Gasteiger partial charge in [-0.25, -0.2) is 0 Å². The molecule has 0 aromatic carbocycles. The number of nitrogens with zero attached hydrogens (tertiary/aromatic N) is 1. The standard InChI is InChI=1S/C13H16N2OS2/c1-8-6-15(7-9(2)14-8)13(16)12-5-11-10(18-12)3-4-17-11/h3-5,8-9,14H,6-7H2,1-2H3. The Morgan fingerprint density at radius 3 is 2.72 bits per heavy atom. The maximum Gasteiger partial charge on any atom is 0.264 e. The van der Waals surface area contributed by atoms with Crippen LogP contribution in [0.3, 0.4) is 0 Å².